The second-order valence-electron chi connectivity index (χ2n) is 13.5. The smallest absolute Gasteiger partial charge is 0.418 e. The Bertz CT molecular complexity index is 1460. The lowest BCUT2D eigenvalue weighted by Gasteiger charge is -2.42. The zero-order chi connectivity index (χ0) is 33.8. The molecule has 0 saturated carbocycles. The number of aliphatic imine (C=N–C) groups is 1. The number of amidine groups is 1. The fraction of sp³-hybridized carbons (Fsp3) is 0.500. The Labute approximate surface area is 274 Å². The third kappa shape index (κ3) is 10.1. The van der Waals surface area contributed by atoms with Crippen molar-refractivity contribution >= 4 is 60.6 Å². The highest BCUT2D eigenvalue weighted by molar-refractivity contribution is 8.15. The molecule has 246 valence electrons. The van der Waals surface area contributed by atoms with Crippen molar-refractivity contribution in [1.29, 1.82) is 0 Å². The van der Waals surface area contributed by atoms with E-state index >= 15 is 8.78 Å². The molecule has 13 heteroatoms. The molecule has 0 radical (unpaired) electrons. The van der Waals surface area contributed by atoms with Crippen molar-refractivity contribution in [3.8, 4) is 0 Å². The second-order valence-corrected chi connectivity index (χ2v) is 21.0. The molecule has 8 nitrogen and oxygen atoms in total. The largest absolute Gasteiger partial charge is 0.468 e. The molecule has 2 aromatic rings. The summed E-state index contributed by atoms with van der Waals surface area (Å²) in [6.07, 6.45) is 1.85. The molecule has 45 heavy (non-hydrogen) atoms. The first-order chi connectivity index (χ1) is 20.7. The Kier molecular flexibility index (Phi) is 11.7. The second kappa shape index (κ2) is 14.3. The third-order valence-electron chi connectivity index (χ3n) is 6.86. The quantitative estimate of drug-likeness (QED) is 0.113. The Hall–Kier alpha value is -2.80. The van der Waals surface area contributed by atoms with Crippen LogP contribution in [0.5, 0.6) is 0 Å². The van der Waals surface area contributed by atoms with Gasteiger partial charge in [0.1, 0.15) is 28.7 Å². The van der Waals surface area contributed by atoms with Crippen LogP contribution in [-0.4, -0.2) is 66.0 Å². The molecule has 1 aromatic heterocycles. The van der Waals surface area contributed by atoms with E-state index in [0.29, 0.717) is 17.2 Å². The van der Waals surface area contributed by atoms with Gasteiger partial charge in [-0.05, 0) is 76.6 Å². The summed E-state index contributed by atoms with van der Waals surface area (Å²) in [5.41, 5.74) is -1.71. The van der Waals surface area contributed by atoms with Gasteiger partial charge in [0.25, 0.3) is 0 Å². The molecular formula is C32H42ClF2N3O5SSi. The van der Waals surface area contributed by atoms with Crippen LogP contribution in [0.2, 0.25) is 30.7 Å². The molecule has 1 amide bonds. The van der Waals surface area contributed by atoms with Crippen molar-refractivity contribution in [2.45, 2.75) is 82.6 Å². The Morgan fingerprint density at radius 3 is 2.44 bits per heavy atom. The third-order valence-corrected chi connectivity index (χ3v) is 10.0. The molecule has 0 fully saturated rings. The average Bonchev–Trinajstić information content (AvgIpc) is 2.91. The number of hydrogen-bond donors (Lipinski definition) is 0. The van der Waals surface area contributed by atoms with Crippen molar-refractivity contribution in [1.82, 2.24) is 9.88 Å². The number of benzene rings is 1. The van der Waals surface area contributed by atoms with Crippen molar-refractivity contribution < 1.29 is 32.6 Å². The lowest BCUT2D eigenvalue weighted by Crippen LogP contribution is -2.50. The van der Waals surface area contributed by atoms with Crippen molar-refractivity contribution in [2.24, 2.45) is 4.99 Å². The van der Waals surface area contributed by atoms with E-state index in [9.17, 15) is 9.59 Å². The van der Waals surface area contributed by atoms with Crippen LogP contribution < -0.4 is 0 Å². The number of amides is 1. The minimum absolute atomic E-state index is 0.0186. The molecule has 0 spiro atoms. The number of halogens is 3. The zero-order valence-electron chi connectivity index (χ0n) is 27.3. The van der Waals surface area contributed by atoms with Crippen LogP contribution in [-0.2, 0) is 24.5 Å². The Balaban J connectivity index is 2.12. The zero-order valence-corrected chi connectivity index (χ0v) is 29.9. The highest BCUT2D eigenvalue weighted by atomic mass is 35.5. The molecule has 1 aromatic carbocycles. The molecule has 1 aliphatic heterocycles. The minimum Gasteiger partial charge on any atom is -0.468 e. The summed E-state index contributed by atoms with van der Waals surface area (Å²) in [5, 5.41) is 0.471. The van der Waals surface area contributed by atoms with Gasteiger partial charge in [0.05, 0.1) is 23.4 Å². The van der Waals surface area contributed by atoms with Crippen LogP contribution in [0.25, 0.3) is 11.9 Å². The van der Waals surface area contributed by atoms with E-state index < -0.39 is 47.7 Å². The number of ether oxygens (including phenoxy) is 3. The van der Waals surface area contributed by atoms with Crippen LogP contribution in [0.4, 0.5) is 13.6 Å². The summed E-state index contributed by atoms with van der Waals surface area (Å²) in [5.74, 6) is -1.84. The topological polar surface area (TPSA) is 90.3 Å². The first-order valence-electron chi connectivity index (χ1n) is 14.5. The number of hydrogen-bond acceptors (Lipinski definition) is 8. The van der Waals surface area contributed by atoms with E-state index in [1.807, 2.05) is 0 Å². The molecule has 0 N–H and O–H groups in total. The van der Waals surface area contributed by atoms with E-state index in [0.717, 1.165) is 17.8 Å². The average molecular weight is 682 g/mol. The van der Waals surface area contributed by atoms with Crippen LogP contribution in [0.3, 0.4) is 0 Å². The van der Waals surface area contributed by atoms with Gasteiger partial charge >= 0.3 is 12.1 Å². The molecular weight excluding hydrogens is 640 g/mol. The van der Waals surface area contributed by atoms with Crippen LogP contribution >= 0.6 is 23.4 Å². The fourth-order valence-electron chi connectivity index (χ4n) is 4.59. The number of rotatable bonds is 9. The maximum absolute atomic E-state index is 15.6. The number of esters is 1. The lowest BCUT2D eigenvalue weighted by atomic mass is 9.82. The number of thioether (sulfide) groups is 1. The molecule has 0 aliphatic carbocycles. The van der Waals surface area contributed by atoms with Gasteiger partial charge in [0.2, 0.25) is 0 Å². The number of nitrogens with zero attached hydrogens (tertiary/aromatic N) is 3. The van der Waals surface area contributed by atoms with Crippen molar-refractivity contribution in [3.05, 3.63) is 64.2 Å². The van der Waals surface area contributed by atoms with E-state index in [-0.39, 0.29) is 29.6 Å². The summed E-state index contributed by atoms with van der Waals surface area (Å²) in [6, 6.07) is 7.93. The van der Waals surface area contributed by atoms with Gasteiger partial charge in [-0.25, -0.2) is 18.5 Å². The normalized spacial score (nSPS) is 20.8. The number of carbonyl (C=O) groups is 2. The molecule has 0 saturated heterocycles. The molecule has 0 bridgehead atoms. The summed E-state index contributed by atoms with van der Waals surface area (Å²) < 4.78 is 46.2. The highest BCUT2D eigenvalue weighted by Gasteiger charge is 2.50. The standard InChI is InChI=1S/C32H42ClF2N3O5SSi/c1-30(2,3)43-29(40)38(20-42-14-15-45(7,8)9)28-37-31(4,19-32(5,44-28)27(39)41-6)23-16-21(10-12-24(23)34)17-25(35)26-13-11-22(33)18-36-26/h10-13,16-18H,14-15,19-20H2,1-9H3/b25-17-/t31-,32?/m0/s1. The summed E-state index contributed by atoms with van der Waals surface area (Å²) in [4.78, 5) is 36.8. The van der Waals surface area contributed by atoms with Gasteiger partial charge in [0.15, 0.2) is 5.17 Å². The van der Waals surface area contributed by atoms with Crippen molar-refractivity contribution in [2.75, 3.05) is 20.4 Å². The molecule has 2 atom stereocenters. The number of aromatic nitrogens is 1. The molecule has 1 aliphatic rings. The van der Waals surface area contributed by atoms with Crippen molar-refractivity contribution in [3.63, 3.8) is 0 Å². The van der Waals surface area contributed by atoms with Crippen LogP contribution in [0.15, 0.2) is 41.5 Å². The van der Waals surface area contributed by atoms with E-state index in [1.165, 1.54) is 54.6 Å². The van der Waals surface area contributed by atoms with E-state index in [1.54, 1.807) is 34.6 Å². The summed E-state index contributed by atoms with van der Waals surface area (Å²) in [6.45, 7) is 15.4. The van der Waals surface area contributed by atoms with Crippen LogP contribution in [0, 0.1) is 5.82 Å². The van der Waals surface area contributed by atoms with E-state index in [2.05, 4.69) is 24.6 Å². The first-order valence-corrected chi connectivity index (χ1v) is 19.4. The molecule has 2 heterocycles. The van der Waals surface area contributed by atoms with Crippen LogP contribution in [0.1, 0.15) is 57.9 Å². The molecule has 3 rings (SSSR count). The monoisotopic (exact) mass is 681 g/mol. The maximum Gasteiger partial charge on any atom is 0.418 e. The first kappa shape index (κ1) is 36.7. The van der Waals surface area contributed by atoms with Gasteiger partial charge < -0.3 is 14.2 Å². The predicted octanol–water partition coefficient (Wildman–Crippen LogP) is 8.53. The minimum atomic E-state index is -1.43. The van der Waals surface area contributed by atoms with Gasteiger partial charge in [-0.15, -0.1) is 0 Å². The van der Waals surface area contributed by atoms with Gasteiger partial charge in [-0.3, -0.25) is 14.8 Å². The number of carbonyl (C=O) groups excluding carboxylic acids is 2. The van der Waals surface area contributed by atoms with E-state index in [4.69, 9.17) is 30.8 Å². The number of pyridine rings is 1. The lowest BCUT2D eigenvalue weighted by molar-refractivity contribution is -0.143. The molecule has 1 unspecified atom stereocenters. The summed E-state index contributed by atoms with van der Waals surface area (Å²) in [7, 11) is -0.166. The number of methoxy groups -OCH3 is 1. The maximum atomic E-state index is 15.6. The Morgan fingerprint density at radius 2 is 1.87 bits per heavy atom. The highest BCUT2D eigenvalue weighted by Crippen LogP contribution is 2.48. The van der Waals surface area contributed by atoms with Gasteiger partial charge in [-0.2, -0.15) is 0 Å². The summed E-state index contributed by atoms with van der Waals surface area (Å²) >= 11 is 6.90. The SMILES string of the molecule is COC(=O)C1(C)C[C@@](C)(c2cc(/C=C(\F)c3ccc(Cl)cn3)ccc2F)N=C(N(COCC[Si](C)(C)C)C(=O)OC(C)(C)C)S1. The Morgan fingerprint density at radius 1 is 1.18 bits per heavy atom. The van der Waals surface area contributed by atoms with Gasteiger partial charge in [-0.1, -0.05) is 49.1 Å². The predicted molar refractivity (Wildman–Crippen MR) is 179 cm³/mol. The fourth-order valence-corrected chi connectivity index (χ4v) is 6.86. The van der Waals surface area contributed by atoms with Gasteiger partial charge in [0, 0.05) is 32.9 Å².